The van der Waals surface area contributed by atoms with Crippen LogP contribution < -0.4 is 14.2 Å². The highest BCUT2D eigenvalue weighted by molar-refractivity contribution is 6.43. The number of ether oxygens (including phenoxy) is 4. The Morgan fingerprint density at radius 2 is 1.73 bits per heavy atom. The van der Waals surface area contributed by atoms with Crippen LogP contribution in [0.5, 0.6) is 17.2 Å². The van der Waals surface area contributed by atoms with Crippen molar-refractivity contribution >= 4 is 35.5 Å². The van der Waals surface area contributed by atoms with Crippen LogP contribution in [0.3, 0.4) is 0 Å². The summed E-state index contributed by atoms with van der Waals surface area (Å²) in [5, 5.41) is 0.0521. The first kappa shape index (κ1) is 26.3. The van der Waals surface area contributed by atoms with Crippen molar-refractivity contribution < 1.29 is 33.3 Å². The Balaban J connectivity index is 1.97. The Morgan fingerprint density at radius 3 is 2.36 bits per heavy atom. The van der Waals surface area contributed by atoms with Gasteiger partial charge >= 0.3 is 5.97 Å². The van der Waals surface area contributed by atoms with Crippen molar-refractivity contribution in [1.29, 1.82) is 0 Å². The summed E-state index contributed by atoms with van der Waals surface area (Å²) in [5.41, 5.74) is 0.651. The van der Waals surface area contributed by atoms with Crippen LogP contribution >= 0.6 is 11.6 Å². The second kappa shape index (κ2) is 13.5. The molecule has 0 bridgehead atoms. The largest absolute Gasteiger partial charge is 0.493 e. The first-order valence-electron chi connectivity index (χ1n) is 10.8. The summed E-state index contributed by atoms with van der Waals surface area (Å²) in [6.07, 6.45) is 8.87. The number of rotatable bonds is 12. The number of hydrogen-bond donors (Lipinski definition) is 0. The van der Waals surface area contributed by atoms with Crippen molar-refractivity contribution in [3.8, 4) is 17.2 Å². The van der Waals surface area contributed by atoms with E-state index in [1.165, 1.54) is 27.4 Å². The van der Waals surface area contributed by atoms with Crippen molar-refractivity contribution in [1.82, 2.24) is 4.90 Å². The van der Waals surface area contributed by atoms with Crippen LogP contribution in [-0.2, 0) is 19.1 Å². The van der Waals surface area contributed by atoms with E-state index in [1.54, 1.807) is 24.3 Å². The van der Waals surface area contributed by atoms with E-state index in [9.17, 15) is 14.4 Å². The lowest BCUT2D eigenvalue weighted by Gasteiger charge is -2.21. The van der Waals surface area contributed by atoms with E-state index in [-0.39, 0.29) is 11.0 Å². The maximum atomic E-state index is 12.4. The lowest BCUT2D eigenvalue weighted by molar-refractivity contribution is -0.141. The predicted octanol–water partition coefficient (Wildman–Crippen LogP) is 4.10. The quantitative estimate of drug-likeness (QED) is 0.253. The molecule has 0 fully saturated rings. The fraction of sp³-hybridized carbons (Fsp3) is 0.458. The Hall–Kier alpha value is -3.00. The second-order valence-corrected chi connectivity index (χ2v) is 7.72. The van der Waals surface area contributed by atoms with Gasteiger partial charge in [-0.25, -0.2) is 0 Å². The second-order valence-electron chi connectivity index (χ2n) is 7.31. The van der Waals surface area contributed by atoms with E-state index >= 15 is 0 Å². The molecule has 1 aliphatic rings. The number of amides is 2. The third-order valence-corrected chi connectivity index (χ3v) is 5.36. The molecule has 0 saturated carbocycles. The summed E-state index contributed by atoms with van der Waals surface area (Å²) < 4.78 is 21.4. The molecule has 1 aromatic rings. The van der Waals surface area contributed by atoms with Crippen molar-refractivity contribution in [2.24, 2.45) is 0 Å². The van der Waals surface area contributed by atoms with Gasteiger partial charge in [0, 0.05) is 19.0 Å². The van der Waals surface area contributed by atoms with E-state index in [1.807, 2.05) is 0 Å². The van der Waals surface area contributed by atoms with Crippen LogP contribution in [0.2, 0.25) is 0 Å². The predicted molar refractivity (Wildman–Crippen MR) is 124 cm³/mol. The van der Waals surface area contributed by atoms with Gasteiger partial charge in [-0.2, -0.15) is 0 Å². The van der Waals surface area contributed by atoms with Gasteiger partial charge in [0.15, 0.2) is 11.5 Å². The van der Waals surface area contributed by atoms with Gasteiger partial charge in [0.2, 0.25) is 5.75 Å². The summed E-state index contributed by atoms with van der Waals surface area (Å²) in [6, 6.07) is 3.45. The average Bonchev–Trinajstić information content (AvgIpc) is 2.83. The summed E-state index contributed by atoms with van der Waals surface area (Å²) in [4.78, 5) is 36.7. The normalized spacial score (nSPS) is 13.6. The number of halogens is 1. The molecule has 0 aromatic heterocycles. The van der Waals surface area contributed by atoms with Gasteiger partial charge in [0.1, 0.15) is 5.03 Å². The smallest absolute Gasteiger partial charge is 0.305 e. The van der Waals surface area contributed by atoms with Gasteiger partial charge < -0.3 is 18.9 Å². The SMILES string of the molecule is COC(=O)CCCCCCOc1c(OC)cc(/C=C/C(=O)N2CCC=C(Cl)C2=O)cc1OC. The zero-order chi connectivity index (χ0) is 24.2. The molecule has 1 aliphatic heterocycles. The van der Waals surface area contributed by atoms with Gasteiger partial charge in [-0.05, 0) is 43.0 Å². The minimum absolute atomic E-state index is 0.0521. The molecule has 0 unspecified atom stereocenters. The maximum Gasteiger partial charge on any atom is 0.305 e. The van der Waals surface area contributed by atoms with Gasteiger partial charge in [0.25, 0.3) is 11.8 Å². The van der Waals surface area contributed by atoms with Gasteiger partial charge in [-0.3, -0.25) is 19.3 Å². The summed E-state index contributed by atoms with van der Waals surface area (Å²) in [5.74, 6) is 0.263. The van der Waals surface area contributed by atoms with Crippen LogP contribution in [0.1, 0.15) is 44.1 Å². The molecule has 2 rings (SSSR count). The van der Waals surface area contributed by atoms with Crippen molar-refractivity contribution in [3.05, 3.63) is 34.9 Å². The highest BCUT2D eigenvalue weighted by Gasteiger charge is 2.24. The number of unbranched alkanes of at least 4 members (excludes halogenated alkanes) is 3. The van der Waals surface area contributed by atoms with E-state index < -0.39 is 11.8 Å². The van der Waals surface area contributed by atoms with Gasteiger partial charge in [0.05, 0.1) is 27.9 Å². The molecule has 1 heterocycles. The molecule has 2 amide bonds. The van der Waals surface area contributed by atoms with Crippen molar-refractivity contribution in [2.75, 3.05) is 34.5 Å². The topological polar surface area (TPSA) is 91.4 Å². The average molecular weight is 480 g/mol. The molecular weight excluding hydrogens is 450 g/mol. The molecule has 33 heavy (non-hydrogen) atoms. The van der Waals surface area contributed by atoms with Gasteiger partial charge in [-0.1, -0.05) is 30.5 Å². The molecule has 0 N–H and O–H groups in total. The number of carbonyl (C=O) groups is 3. The molecular formula is C24H30ClNO7. The lowest BCUT2D eigenvalue weighted by atomic mass is 10.1. The summed E-state index contributed by atoms with van der Waals surface area (Å²) in [6.45, 7) is 0.754. The molecule has 0 spiro atoms. The Bertz CT molecular complexity index is 885. The number of benzene rings is 1. The fourth-order valence-electron chi connectivity index (χ4n) is 3.25. The molecule has 0 saturated heterocycles. The minimum atomic E-state index is -0.498. The van der Waals surface area contributed by atoms with Crippen LogP contribution in [0.15, 0.2) is 29.3 Å². The van der Waals surface area contributed by atoms with E-state index in [2.05, 4.69) is 4.74 Å². The van der Waals surface area contributed by atoms with Crippen LogP contribution in [0.4, 0.5) is 0 Å². The zero-order valence-corrected chi connectivity index (χ0v) is 20.0. The number of esters is 1. The molecule has 0 radical (unpaired) electrons. The molecule has 8 nitrogen and oxygen atoms in total. The highest BCUT2D eigenvalue weighted by Crippen LogP contribution is 2.39. The zero-order valence-electron chi connectivity index (χ0n) is 19.2. The Labute approximate surface area is 199 Å². The van der Waals surface area contributed by atoms with Crippen molar-refractivity contribution in [3.63, 3.8) is 0 Å². The minimum Gasteiger partial charge on any atom is -0.493 e. The summed E-state index contributed by atoms with van der Waals surface area (Å²) in [7, 11) is 4.43. The maximum absolute atomic E-state index is 12.4. The number of methoxy groups -OCH3 is 3. The summed E-state index contributed by atoms with van der Waals surface area (Å²) >= 11 is 5.84. The Kier molecular flexibility index (Phi) is 10.8. The first-order chi connectivity index (χ1) is 15.9. The third-order valence-electron chi connectivity index (χ3n) is 5.04. The molecule has 1 aromatic carbocycles. The molecule has 9 heteroatoms. The number of carbonyl (C=O) groups excluding carboxylic acids is 3. The van der Waals surface area contributed by atoms with Crippen molar-refractivity contribution in [2.45, 2.75) is 38.5 Å². The standard InChI is InChI=1S/C24H30ClNO7/c1-30-19-15-17(11-12-21(27)26-13-8-9-18(25)24(26)29)16-20(31-2)23(19)33-14-7-5-4-6-10-22(28)32-3/h9,11-12,15-16H,4-8,10,13-14H2,1-3H3/b12-11+. The number of imide groups is 1. The van der Waals surface area contributed by atoms with E-state index in [4.69, 9.17) is 25.8 Å². The van der Waals surface area contributed by atoms with Crippen LogP contribution in [-0.4, -0.2) is 57.2 Å². The fourth-order valence-corrected chi connectivity index (χ4v) is 3.46. The molecule has 180 valence electrons. The highest BCUT2D eigenvalue weighted by atomic mass is 35.5. The van der Waals surface area contributed by atoms with Crippen LogP contribution in [0, 0.1) is 0 Å². The van der Waals surface area contributed by atoms with E-state index in [0.29, 0.717) is 48.8 Å². The molecule has 0 aliphatic carbocycles. The first-order valence-corrected chi connectivity index (χ1v) is 11.1. The van der Waals surface area contributed by atoms with Gasteiger partial charge in [-0.15, -0.1) is 0 Å². The van der Waals surface area contributed by atoms with E-state index in [0.717, 1.165) is 30.6 Å². The lowest BCUT2D eigenvalue weighted by Crippen LogP contribution is -2.38. The number of hydrogen-bond acceptors (Lipinski definition) is 7. The molecule has 0 atom stereocenters. The monoisotopic (exact) mass is 479 g/mol. The van der Waals surface area contributed by atoms with Crippen LogP contribution in [0.25, 0.3) is 6.08 Å². The third kappa shape index (κ3) is 7.82. The number of nitrogens with zero attached hydrogens (tertiary/aromatic N) is 1. The Morgan fingerprint density at radius 1 is 1.06 bits per heavy atom.